The number of nitrogens with zero attached hydrogens (tertiary/aromatic N) is 1. The van der Waals surface area contributed by atoms with Gasteiger partial charge in [-0.1, -0.05) is 17.7 Å². The zero-order valence-electron chi connectivity index (χ0n) is 11.2. The molecule has 0 radical (unpaired) electrons. The van der Waals surface area contributed by atoms with Crippen LogP contribution >= 0.6 is 11.6 Å². The van der Waals surface area contributed by atoms with Crippen LogP contribution in [-0.4, -0.2) is 17.0 Å². The van der Waals surface area contributed by atoms with E-state index in [1.165, 1.54) is 5.56 Å². The Kier molecular flexibility index (Phi) is 3.40. The number of carbonyl (C=O) groups excluding carboxylic acids is 1. The molecule has 0 spiro atoms. The van der Waals surface area contributed by atoms with E-state index >= 15 is 0 Å². The molecule has 1 aromatic heterocycles. The minimum absolute atomic E-state index is 0.157. The third-order valence-corrected chi connectivity index (χ3v) is 3.72. The zero-order chi connectivity index (χ0) is 14.1. The Hall–Kier alpha value is -1.94. The summed E-state index contributed by atoms with van der Waals surface area (Å²) in [4.78, 5) is 12.2. The third kappa shape index (κ3) is 2.51. The summed E-state index contributed by atoms with van der Waals surface area (Å²) in [6.45, 7) is 0.984. The van der Waals surface area contributed by atoms with E-state index in [4.69, 9.17) is 11.6 Å². The number of hydrogen-bond donors (Lipinski definition) is 2. The summed E-state index contributed by atoms with van der Waals surface area (Å²) >= 11 is 5.90. The van der Waals surface area contributed by atoms with E-state index in [1.807, 2.05) is 12.1 Å². The average molecular weight is 290 g/mol. The van der Waals surface area contributed by atoms with Gasteiger partial charge in [0.15, 0.2) is 0 Å². The highest BCUT2D eigenvalue weighted by Gasteiger charge is 2.13. The first-order chi connectivity index (χ1) is 9.63. The third-order valence-electron chi connectivity index (χ3n) is 3.51. The maximum absolute atomic E-state index is 12.2. The van der Waals surface area contributed by atoms with Crippen molar-refractivity contribution in [3.8, 4) is 0 Å². The summed E-state index contributed by atoms with van der Waals surface area (Å²) < 4.78 is 1.72. The fourth-order valence-corrected chi connectivity index (χ4v) is 2.73. The summed E-state index contributed by atoms with van der Waals surface area (Å²) in [5, 5.41) is 6.82. The number of halogens is 1. The molecule has 4 nitrogen and oxygen atoms in total. The van der Waals surface area contributed by atoms with E-state index in [0.717, 1.165) is 30.8 Å². The van der Waals surface area contributed by atoms with Gasteiger partial charge < -0.3 is 15.2 Å². The summed E-state index contributed by atoms with van der Waals surface area (Å²) in [5.41, 5.74) is 3.75. The van der Waals surface area contributed by atoms with Crippen LogP contribution < -0.4 is 10.6 Å². The van der Waals surface area contributed by atoms with Gasteiger partial charge in [0.25, 0.3) is 5.91 Å². The van der Waals surface area contributed by atoms with Crippen molar-refractivity contribution in [2.24, 2.45) is 7.05 Å². The second-order valence-electron chi connectivity index (χ2n) is 5.01. The Bertz CT molecular complexity index is 663. The number of rotatable bonds is 2. The highest BCUT2D eigenvalue weighted by atomic mass is 35.5. The Balaban J connectivity index is 1.81. The molecule has 1 aliphatic heterocycles. The Morgan fingerprint density at radius 3 is 3.00 bits per heavy atom. The molecule has 2 N–H and O–H groups in total. The Morgan fingerprint density at radius 1 is 1.40 bits per heavy atom. The van der Waals surface area contributed by atoms with Crippen LogP contribution in [-0.2, 0) is 13.5 Å². The molecule has 104 valence electrons. The van der Waals surface area contributed by atoms with Crippen molar-refractivity contribution >= 4 is 28.9 Å². The number of carbonyl (C=O) groups is 1. The Morgan fingerprint density at radius 2 is 2.25 bits per heavy atom. The molecule has 0 unspecified atom stereocenters. The topological polar surface area (TPSA) is 46.1 Å². The number of nitrogens with one attached hydrogen (secondary N) is 2. The van der Waals surface area contributed by atoms with Crippen molar-refractivity contribution in [1.29, 1.82) is 0 Å². The molecule has 5 heteroatoms. The second-order valence-corrected chi connectivity index (χ2v) is 5.45. The van der Waals surface area contributed by atoms with E-state index in [2.05, 4.69) is 16.7 Å². The lowest BCUT2D eigenvalue weighted by molar-refractivity contribution is 0.101. The van der Waals surface area contributed by atoms with Crippen molar-refractivity contribution in [3.63, 3.8) is 0 Å². The van der Waals surface area contributed by atoms with Crippen LogP contribution in [0.25, 0.3) is 0 Å². The molecule has 2 aromatic rings. The van der Waals surface area contributed by atoms with E-state index < -0.39 is 0 Å². The van der Waals surface area contributed by atoms with Crippen LogP contribution in [0.2, 0.25) is 5.02 Å². The van der Waals surface area contributed by atoms with Crippen LogP contribution in [0.1, 0.15) is 22.5 Å². The summed E-state index contributed by atoms with van der Waals surface area (Å²) in [5.74, 6) is -0.157. The molecule has 0 saturated carbocycles. The number of fused-ring (bicyclic) bond motifs is 1. The molecule has 1 amide bonds. The van der Waals surface area contributed by atoms with Crippen LogP contribution in [0.5, 0.6) is 0 Å². The first-order valence-corrected chi connectivity index (χ1v) is 7.01. The molecule has 2 heterocycles. The zero-order valence-corrected chi connectivity index (χ0v) is 12.0. The summed E-state index contributed by atoms with van der Waals surface area (Å²) in [6.07, 6.45) is 3.95. The highest BCUT2D eigenvalue weighted by molar-refractivity contribution is 6.31. The quantitative estimate of drug-likeness (QED) is 0.891. The SMILES string of the molecule is Cn1cc(Cl)cc1C(=O)Nc1ccc2c(c1)NCCC2. The van der Waals surface area contributed by atoms with Gasteiger partial charge in [0.1, 0.15) is 5.69 Å². The van der Waals surface area contributed by atoms with Crippen molar-refractivity contribution in [2.75, 3.05) is 17.2 Å². The number of aryl methyl sites for hydroxylation is 2. The minimum atomic E-state index is -0.157. The first-order valence-electron chi connectivity index (χ1n) is 6.63. The maximum Gasteiger partial charge on any atom is 0.272 e. The molecule has 0 saturated heterocycles. The van der Waals surface area contributed by atoms with E-state index in [-0.39, 0.29) is 5.91 Å². The Labute approximate surface area is 122 Å². The highest BCUT2D eigenvalue weighted by Crippen LogP contribution is 2.25. The standard InChI is InChI=1S/C15H16ClN3O/c1-19-9-11(16)7-14(19)15(20)18-12-5-4-10-3-2-6-17-13(10)8-12/h4-5,7-9,17H,2-3,6H2,1H3,(H,18,20). The molecule has 1 aromatic carbocycles. The number of hydrogen-bond acceptors (Lipinski definition) is 2. The van der Waals surface area contributed by atoms with Gasteiger partial charge in [-0.3, -0.25) is 4.79 Å². The van der Waals surface area contributed by atoms with Crippen LogP contribution in [0, 0.1) is 0 Å². The normalized spacial score (nSPS) is 13.5. The molecule has 1 aliphatic rings. The fourth-order valence-electron chi connectivity index (χ4n) is 2.48. The van der Waals surface area contributed by atoms with E-state index in [1.54, 1.807) is 23.9 Å². The molecule has 0 fully saturated rings. The van der Waals surface area contributed by atoms with Gasteiger partial charge in [-0.15, -0.1) is 0 Å². The van der Waals surface area contributed by atoms with Crippen molar-refractivity contribution in [2.45, 2.75) is 12.8 Å². The maximum atomic E-state index is 12.2. The summed E-state index contributed by atoms with van der Waals surface area (Å²) in [6, 6.07) is 7.65. The van der Waals surface area contributed by atoms with E-state index in [9.17, 15) is 4.79 Å². The first kappa shape index (κ1) is 13.1. The lowest BCUT2D eigenvalue weighted by Gasteiger charge is -2.18. The molecule has 20 heavy (non-hydrogen) atoms. The molecular formula is C15H16ClN3O. The monoisotopic (exact) mass is 289 g/mol. The van der Waals surface area contributed by atoms with Crippen LogP contribution in [0.4, 0.5) is 11.4 Å². The second kappa shape index (κ2) is 5.21. The van der Waals surface area contributed by atoms with Gasteiger partial charge in [-0.25, -0.2) is 0 Å². The van der Waals surface area contributed by atoms with Gasteiger partial charge in [0.05, 0.1) is 5.02 Å². The number of anilines is 2. The predicted octanol–water partition coefficient (Wildman–Crippen LogP) is 3.29. The number of amides is 1. The number of aromatic nitrogens is 1. The molecule has 0 bridgehead atoms. The van der Waals surface area contributed by atoms with Gasteiger partial charge >= 0.3 is 0 Å². The van der Waals surface area contributed by atoms with Crippen molar-refractivity contribution < 1.29 is 4.79 Å². The van der Waals surface area contributed by atoms with Crippen LogP contribution in [0.3, 0.4) is 0 Å². The lowest BCUT2D eigenvalue weighted by Crippen LogP contribution is -2.16. The lowest BCUT2D eigenvalue weighted by atomic mass is 10.0. The molecular weight excluding hydrogens is 274 g/mol. The predicted molar refractivity (Wildman–Crippen MR) is 81.6 cm³/mol. The smallest absolute Gasteiger partial charge is 0.272 e. The largest absolute Gasteiger partial charge is 0.385 e. The minimum Gasteiger partial charge on any atom is -0.385 e. The van der Waals surface area contributed by atoms with Gasteiger partial charge in [0, 0.05) is 31.2 Å². The average Bonchev–Trinajstić information content (AvgIpc) is 2.78. The van der Waals surface area contributed by atoms with Crippen LogP contribution in [0.15, 0.2) is 30.5 Å². The van der Waals surface area contributed by atoms with Gasteiger partial charge in [0.2, 0.25) is 0 Å². The fraction of sp³-hybridized carbons (Fsp3) is 0.267. The molecule has 3 rings (SSSR count). The number of benzene rings is 1. The van der Waals surface area contributed by atoms with Crippen molar-refractivity contribution in [3.05, 3.63) is 46.7 Å². The summed E-state index contributed by atoms with van der Waals surface area (Å²) in [7, 11) is 1.80. The van der Waals surface area contributed by atoms with Gasteiger partial charge in [-0.05, 0) is 36.6 Å². The molecule has 0 atom stereocenters. The van der Waals surface area contributed by atoms with Gasteiger partial charge in [-0.2, -0.15) is 0 Å². The van der Waals surface area contributed by atoms with E-state index in [0.29, 0.717) is 10.7 Å². The molecule has 0 aliphatic carbocycles. The van der Waals surface area contributed by atoms with Crippen molar-refractivity contribution in [1.82, 2.24) is 4.57 Å².